The lowest BCUT2D eigenvalue weighted by Gasteiger charge is -2.12. The van der Waals surface area contributed by atoms with Crippen molar-refractivity contribution in [1.82, 2.24) is 4.98 Å². The van der Waals surface area contributed by atoms with Crippen molar-refractivity contribution in [2.45, 2.75) is 4.90 Å². The maximum Gasteiger partial charge on any atom is 0.262 e. The van der Waals surface area contributed by atoms with Crippen molar-refractivity contribution >= 4 is 49.7 Å². The van der Waals surface area contributed by atoms with E-state index in [9.17, 15) is 8.42 Å². The van der Waals surface area contributed by atoms with Crippen molar-refractivity contribution in [2.24, 2.45) is 0 Å². The van der Waals surface area contributed by atoms with Crippen molar-refractivity contribution in [1.29, 1.82) is 0 Å². The minimum Gasteiger partial charge on any atom is -0.278 e. The van der Waals surface area contributed by atoms with Gasteiger partial charge in [-0.25, -0.2) is 8.42 Å². The van der Waals surface area contributed by atoms with Crippen LogP contribution in [-0.4, -0.2) is 13.4 Å². The van der Waals surface area contributed by atoms with Crippen LogP contribution in [0.15, 0.2) is 59.8 Å². The summed E-state index contributed by atoms with van der Waals surface area (Å²) in [7, 11) is -3.80. The number of aromatic nitrogens is 1. The molecular weight excluding hydrogens is 343 g/mol. The summed E-state index contributed by atoms with van der Waals surface area (Å²) in [5, 5.41) is 1.77. The molecule has 7 heteroatoms. The lowest BCUT2D eigenvalue weighted by molar-refractivity contribution is 0.602. The average Bonchev–Trinajstić information content (AvgIpc) is 2.51. The van der Waals surface area contributed by atoms with E-state index in [2.05, 4.69) is 9.71 Å². The van der Waals surface area contributed by atoms with Crippen molar-refractivity contribution in [2.75, 3.05) is 4.72 Å². The van der Waals surface area contributed by atoms with Gasteiger partial charge in [-0.05, 0) is 24.3 Å². The Balaban J connectivity index is 2.11. The number of hydrogen-bond donors (Lipinski definition) is 1. The second-order valence-electron chi connectivity index (χ2n) is 4.56. The molecule has 0 unspecified atom stereocenters. The fraction of sp³-hybridized carbons (Fsp3) is 0. The predicted octanol–water partition coefficient (Wildman–Crippen LogP) is 4.34. The second-order valence-corrected chi connectivity index (χ2v) is 7.00. The Bertz CT molecular complexity index is 953. The van der Waals surface area contributed by atoms with E-state index in [1.807, 2.05) is 0 Å². The van der Waals surface area contributed by atoms with Gasteiger partial charge in [0.1, 0.15) is 0 Å². The summed E-state index contributed by atoms with van der Waals surface area (Å²) >= 11 is 11.9. The third kappa shape index (κ3) is 2.75. The number of pyridine rings is 1. The van der Waals surface area contributed by atoms with Crippen LogP contribution in [0.2, 0.25) is 10.0 Å². The van der Waals surface area contributed by atoms with Crippen molar-refractivity contribution in [3.8, 4) is 0 Å². The standard InChI is InChI=1S/C15H10Cl2N2O2S/c16-12-4-2-5-13(15(12)17)19-22(20,21)14-6-1-3-10-9-18-8-7-11(10)14/h1-9,19H. The van der Waals surface area contributed by atoms with Gasteiger partial charge in [-0.2, -0.15) is 0 Å². The molecule has 0 spiro atoms. The van der Waals surface area contributed by atoms with Crippen LogP contribution in [0.5, 0.6) is 0 Å². The number of nitrogens with one attached hydrogen (secondary N) is 1. The zero-order valence-corrected chi connectivity index (χ0v) is 13.5. The highest BCUT2D eigenvalue weighted by Gasteiger charge is 2.19. The van der Waals surface area contributed by atoms with Gasteiger partial charge in [-0.3, -0.25) is 9.71 Å². The summed E-state index contributed by atoms with van der Waals surface area (Å²) in [6, 6.07) is 11.4. The Hall–Kier alpha value is -1.82. The van der Waals surface area contributed by atoms with Gasteiger partial charge in [-0.1, -0.05) is 41.4 Å². The summed E-state index contributed by atoms with van der Waals surface area (Å²) < 4.78 is 27.8. The fourth-order valence-corrected chi connectivity index (χ4v) is 3.82. The second kappa shape index (κ2) is 5.76. The molecule has 0 aliphatic carbocycles. The molecule has 0 aliphatic heterocycles. The van der Waals surface area contributed by atoms with Gasteiger partial charge in [0.25, 0.3) is 10.0 Å². The maximum absolute atomic E-state index is 12.6. The Morgan fingerprint density at radius 3 is 2.59 bits per heavy atom. The maximum atomic E-state index is 12.6. The number of anilines is 1. The summed E-state index contributed by atoms with van der Waals surface area (Å²) in [5.41, 5.74) is 0.236. The van der Waals surface area contributed by atoms with E-state index in [4.69, 9.17) is 23.2 Å². The van der Waals surface area contributed by atoms with Crippen molar-refractivity contribution in [3.05, 3.63) is 64.9 Å². The Kier molecular flexibility index (Phi) is 3.95. The van der Waals surface area contributed by atoms with E-state index in [1.54, 1.807) is 48.8 Å². The van der Waals surface area contributed by atoms with Gasteiger partial charge in [0, 0.05) is 23.2 Å². The molecule has 4 nitrogen and oxygen atoms in total. The molecule has 2 aromatic carbocycles. The summed E-state index contributed by atoms with van der Waals surface area (Å²) in [4.78, 5) is 4.15. The number of hydrogen-bond acceptors (Lipinski definition) is 3. The molecule has 3 rings (SSSR count). The third-order valence-electron chi connectivity index (χ3n) is 3.13. The van der Waals surface area contributed by atoms with Gasteiger partial charge < -0.3 is 0 Å². The highest BCUT2D eigenvalue weighted by atomic mass is 35.5. The number of benzene rings is 2. The first-order valence-electron chi connectivity index (χ1n) is 6.28. The van der Waals surface area contributed by atoms with E-state index >= 15 is 0 Å². The molecule has 0 saturated carbocycles. The monoisotopic (exact) mass is 352 g/mol. The summed E-state index contributed by atoms with van der Waals surface area (Å²) in [5.74, 6) is 0. The van der Waals surface area contributed by atoms with Crippen molar-refractivity contribution < 1.29 is 8.42 Å². The van der Waals surface area contributed by atoms with Gasteiger partial charge in [0.05, 0.1) is 20.6 Å². The predicted molar refractivity (Wildman–Crippen MR) is 89.0 cm³/mol. The molecule has 0 aliphatic rings. The summed E-state index contributed by atoms with van der Waals surface area (Å²) in [6.07, 6.45) is 3.16. The summed E-state index contributed by atoms with van der Waals surface area (Å²) in [6.45, 7) is 0. The molecule has 0 atom stereocenters. The molecule has 0 radical (unpaired) electrons. The van der Waals surface area contributed by atoms with Crippen LogP contribution >= 0.6 is 23.2 Å². The topological polar surface area (TPSA) is 59.1 Å². The largest absolute Gasteiger partial charge is 0.278 e. The van der Waals surface area contributed by atoms with Crippen LogP contribution in [0.25, 0.3) is 10.8 Å². The molecular formula is C15H10Cl2N2O2S. The minimum atomic E-state index is -3.80. The van der Waals surface area contributed by atoms with Crippen LogP contribution < -0.4 is 4.72 Å². The van der Waals surface area contributed by atoms with Gasteiger partial charge in [0.15, 0.2) is 0 Å². The SMILES string of the molecule is O=S(=O)(Nc1cccc(Cl)c1Cl)c1cccc2cnccc12. The quantitative estimate of drug-likeness (QED) is 0.762. The molecule has 1 heterocycles. The molecule has 112 valence electrons. The number of rotatable bonds is 3. The van der Waals surface area contributed by atoms with Crippen LogP contribution in [0.1, 0.15) is 0 Å². The first kappa shape index (κ1) is 15.1. The fourth-order valence-electron chi connectivity index (χ4n) is 2.11. The molecule has 1 aromatic heterocycles. The lowest BCUT2D eigenvalue weighted by Crippen LogP contribution is -2.13. The highest BCUT2D eigenvalue weighted by Crippen LogP contribution is 2.32. The van der Waals surface area contributed by atoms with Gasteiger partial charge >= 0.3 is 0 Å². The molecule has 3 aromatic rings. The zero-order chi connectivity index (χ0) is 15.7. The number of nitrogens with zero attached hydrogens (tertiary/aromatic N) is 1. The number of halogens is 2. The van der Waals surface area contributed by atoms with Crippen molar-refractivity contribution in [3.63, 3.8) is 0 Å². The molecule has 0 bridgehead atoms. The van der Waals surface area contributed by atoms with Crippen LogP contribution in [0, 0.1) is 0 Å². The van der Waals surface area contributed by atoms with E-state index < -0.39 is 10.0 Å². The molecule has 22 heavy (non-hydrogen) atoms. The lowest BCUT2D eigenvalue weighted by atomic mass is 10.2. The Morgan fingerprint density at radius 1 is 1.00 bits per heavy atom. The highest BCUT2D eigenvalue weighted by molar-refractivity contribution is 7.93. The van der Waals surface area contributed by atoms with Gasteiger partial charge in [-0.15, -0.1) is 0 Å². The first-order chi connectivity index (χ1) is 10.5. The first-order valence-corrected chi connectivity index (χ1v) is 8.52. The molecule has 0 amide bonds. The average molecular weight is 353 g/mol. The number of sulfonamides is 1. The smallest absolute Gasteiger partial charge is 0.262 e. The molecule has 0 fully saturated rings. The van der Waals surface area contributed by atoms with E-state index in [1.165, 1.54) is 6.07 Å². The number of fused-ring (bicyclic) bond motifs is 1. The van der Waals surface area contributed by atoms with Crippen LogP contribution in [0.3, 0.4) is 0 Å². The van der Waals surface area contributed by atoms with E-state index in [0.29, 0.717) is 5.39 Å². The van der Waals surface area contributed by atoms with Crippen LogP contribution in [0.4, 0.5) is 5.69 Å². The third-order valence-corrected chi connectivity index (χ3v) is 5.37. The molecule has 1 N–H and O–H groups in total. The van der Waals surface area contributed by atoms with Gasteiger partial charge in [0.2, 0.25) is 0 Å². The Morgan fingerprint density at radius 2 is 1.77 bits per heavy atom. The van der Waals surface area contributed by atoms with Crippen LogP contribution in [-0.2, 0) is 10.0 Å². The van der Waals surface area contributed by atoms with E-state index in [-0.39, 0.29) is 20.6 Å². The minimum absolute atomic E-state index is 0.156. The normalized spacial score (nSPS) is 11.5. The molecule has 0 saturated heterocycles. The Labute approximate surface area is 137 Å². The zero-order valence-electron chi connectivity index (χ0n) is 11.1. The van der Waals surface area contributed by atoms with E-state index in [0.717, 1.165) is 5.39 Å².